The van der Waals surface area contributed by atoms with Crippen LogP contribution in [0, 0.1) is 23.7 Å². The predicted molar refractivity (Wildman–Crippen MR) is 122 cm³/mol. The fourth-order valence-electron chi connectivity index (χ4n) is 7.56. The van der Waals surface area contributed by atoms with Gasteiger partial charge in [0.05, 0.1) is 6.17 Å². The molecular formula is C25H48N4. The van der Waals surface area contributed by atoms with Crippen molar-refractivity contribution in [3.05, 3.63) is 0 Å². The first-order valence-electron chi connectivity index (χ1n) is 13.2. The van der Waals surface area contributed by atoms with Crippen molar-refractivity contribution in [1.82, 2.24) is 10.3 Å². The van der Waals surface area contributed by atoms with Crippen molar-refractivity contribution in [2.24, 2.45) is 35.2 Å². The Kier molecular flexibility index (Phi) is 8.31. The first kappa shape index (κ1) is 22.0. The van der Waals surface area contributed by atoms with Gasteiger partial charge in [-0.15, -0.1) is 0 Å². The highest BCUT2D eigenvalue weighted by atomic mass is 15.3. The van der Waals surface area contributed by atoms with E-state index in [-0.39, 0.29) is 6.17 Å². The molecule has 3 saturated carbocycles. The Balaban J connectivity index is 1.36. The number of hydrazine groups is 1. The van der Waals surface area contributed by atoms with E-state index < -0.39 is 0 Å². The lowest BCUT2D eigenvalue weighted by Gasteiger charge is -2.41. The van der Waals surface area contributed by atoms with Gasteiger partial charge in [-0.1, -0.05) is 57.8 Å². The first-order valence-corrected chi connectivity index (χ1v) is 13.2. The third-order valence-electron chi connectivity index (χ3n) is 9.26. The number of likely N-dealkylation sites (tertiary alicyclic amines) is 1. The molecule has 1 saturated heterocycles. The minimum Gasteiger partial charge on any atom is -0.315 e. The Hall–Kier alpha value is -0.160. The summed E-state index contributed by atoms with van der Waals surface area (Å²) in [6.07, 6.45) is 24.4. The summed E-state index contributed by atoms with van der Waals surface area (Å²) in [5.41, 5.74) is 8.77. The lowest BCUT2D eigenvalue weighted by molar-refractivity contribution is 0.0885. The highest BCUT2D eigenvalue weighted by Gasteiger charge is 2.46. The van der Waals surface area contributed by atoms with E-state index >= 15 is 0 Å². The molecule has 4 rings (SSSR count). The molecule has 0 spiro atoms. The molecule has 5 atom stereocenters. The van der Waals surface area contributed by atoms with Crippen molar-refractivity contribution in [3.8, 4) is 0 Å². The highest BCUT2D eigenvalue weighted by molar-refractivity contribution is 4.99. The van der Waals surface area contributed by atoms with Gasteiger partial charge in [-0.25, -0.2) is 5.43 Å². The molecule has 0 aromatic rings. The van der Waals surface area contributed by atoms with Gasteiger partial charge in [-0.3, -0.25) is 10.7 Å². The van der Waals surface area contributed by atoms with Crippen LogP contribution in [0.2, 0.25) is 0 Å². The highest BCUT2D eigenvalue weighted by Crippen LogP contribution is 2.47. The molecule has 3 aliphatic carbocycles. The van der Waals surface area contributed by atoms with Crippen LogP contribution in [0.15, 0.2) is 0 Å². The molecule has 0 amide bonds. The van der Waals surface area contributed by atoms with Crippen LogP contribution in [0.25, 0.3) is 0 Å². The van der Waals surface area contributed by atoms with Gasteiger partial charge >= 0.3 is 0 Å². The average molecular weight is 405 g/mol. The van der Waals surface area contributed by atoms with Crippen LogP contribution in [0.3, 0.4) is 0 Å². The summed E-state index contributed by atoms with van der Waals surface area (Å²) in [6.45, 7) is 1.42. The van der Waals surface area contributed by atoms with Gasteiger partial charge in [0.15, 0.2) is 0 Å². The maximum Gasteiger partial charge on any atom is 0.0676 e. The molecule has 4 aliphatic rings. The van der Waals surface area contributed by atoms with Crippen LogP contribution in [-0.2, 0) is 0 Å². The van der Waals surface area contributed by atoms with Gasteiger partial charge in [0.1, 0.15) is 0 Å². The van der Waals surface area contributed by atoms with E-state index in [1.54, 1.807) is 0 Å². The third-order valence-corrected chi connectivity index (χ3v) is 9.26. The van der Waals surface area contributed by atoms with E-state index in [1.807, 2.05) is 0 Å². The van der Waals surface area contributed by atoms with Crippen molar-refractivity contribution in [2.45, 2.75) is 127 Å². The van der Waals surface area contributed by atoms with Gasteiger partial charge < -0.3 is 5.73 Å². The fourth-order valence-corrected chi connectivity index (χ4v) is 7.56. The van der Waals surface area contributed by atoms with Crippen LogP contribution < -0.4 is 17.0 Å². The Morgan fingerprint density at radius 3 is 2.24 bits per heavy atom. The third kappa shape index (κ3) is 5.75. The number of rotatable bonds is 8. The van der Waals surface area contributed by atoms with E-state index in [0.717, 1.165) is 42.2 Å². The van der Waals surface area contributed by atoms with Crippen LogP contribution in [0.5, 0.6) is 0 Å². The molecule has 5 unspecified atom stereocenters. The van der Waals surface area contributed by atoms with Crippen molar-refractivity contribution in [3.63, 3.8) is 0 Å². The Bertz CT molecular complexity index is 471. The van der Waals surface area contributed by atoms with Crippen LogP contribution in [0.1, 0.15) is 109 Å². The largest absolute Gasteiger partial charge is 0.315 e. The summed E-state index contributed by atoms with van der Waals surface area (Å²) in [4.78, 5) is 3.04. The lowest BCUT2D eigenvalue weighted by atomic mass is 9.71. The minimum atomic E-state index is -0.0304. The number of fused-ring (bicyclic) bond motifs is 1. The van der Waals surface area contributed by atoms with Gasteiger partial charge in [-0.2, -0.15) is 0 Å². The monoisotopic (exact) mass is 404 g/mol. The summed E-state index contributed by atoms with van der Waals surface area (Å²) in [6, 6.07) is 1.80. The van der Waals surface area contributed by atoms with Crippen LogP contribution in [0.4, 0.5) is 0 Å². The van der Waals surface area contributed by atoms with Gasteiger partial charge in [0, 0.05) is 18.6 Å². The predicted octanol–water partition coefficient (Wildman–Crippen LogP) is 4.92. The molecule has 1 heterocycles. The zero-order valence-corrected chi connectivity index (χ0v) is 18.9. The van der Waals surface area contributed by atoms with Crippen molar-refractivity contribution in [2.75, 3.05) is 6.54 Å². The van der Waals surface area contributed by atoms with Crippen molar-refractivity contribution < 1.29 is 0 Å². The number of nitrogens with one attached hydrogen (secondary N) is 1. The second-order valence-corrected chi connectivity index (χ2v) is 11.1. The van der Waals surface area contributed by atoms with E-state index in [1.165, 1.54) is 109 Å². The van der Waals surface area contributed by atoms with Crippen molar-refractivity contribution >= 4 is 0 Å². The Morgan fingerprint density at radius 2 is 1.52 bits per heavy atom. The summed E-state index contributed by atoms with van der Waals surface area (Å²) in [7, 11) is 0. The Labute approximate surface area is 179 Å². The van der Waals surface area contributed by atoms with Crippen molar-refractivity contribution in [1.29, 1.82) is 0 Å². The fraction of sp³-hybridized carbons (Fsp3) is 1.00. The molecule has 0 radical (unpaired) electrons. The molecule has 4 nitrogen and oxygen atoms in total. The maximum absolute atomic E-state index is 6.03. The lowest BCUT2D eigenvalue weighted by Crippen LogP contribution is -2.44. The average Bonchev–Trinajstić information content (AvgIpc) is 3.15. The SMILES string of the molecule is NNC(N)CCC1CCC2C(C1)C(CCC1CCCCC1)CN2C1CCCCC1. The van der Waals surface area contributed by atoms with E-state index in [4.69, 9.17) is 11.6 Å². The number of nitrogens with two attached hydrogens (primary N) is 2. The molecule has 5 N–H and O–H groups in total. The van der Waals surface area contributed by atoms with Crippen LogP contribution >= 0.6 is 0 Å². The molecular weight excluding hydrogens is 356 g/mol. The molecule has 29 heavy (non-hydrogen) atoms. The van der Waals surface area contributed by atoms with E-state index in [2.05, 4.69) is 10.3 Å². The second-order valence-electron chi connectivity index (χ2n) is 11.1. The van der Waals surface area contributed by atoms with E-state index in [0.29, 0.717) is 0 Å². The summed E-state index contributed by atoms with van der Waals surface area (Å²) < 4.78 is 0. The quantitative estimate of drug-likeness (QED) is 0.305. The summed E-state index contributed by atoms with van der Waals surface area (Å²) in [5, 5.41) is 0. The smallest absolute Gasteiger partial charge is 0.0676 e. The summed E-state index contributed by atoms with van der Waals surface area (Å²) >= 11 is 0. The minimum absolute atomic E-state index is 0.0304. The molecule has 4 heteroatoms. The molecule has 0 aromatic carbocycles. The Morgan fingerprint density at radius 1 is 0.793 bits per heavy atom. The molecule has 1 aliphatic heterocycles. The number of nitrogens with zero attached hydrogens (tertiary/aromatic N) is 1. The number of hydrogen-bond acceptors (Lipinski definition) is 4. The van der Waals surface area contributed by atoms with E-state index in [9.17, 15) is 0 Å². The normalized spacial score (nSPS) is 36.2. The standard InChI is InChI=1S/C25H48N4/c26-25(28-27)16-13-20-12-15-24-23(17-20)21(14-11-19-7-3-1-4-8-19)18-29(24)22-9-5-2-6-10-22/h19-25,28H,1-18,26-27H2. The maximum atomic E-state index is 6.03. The molecule has 0 aromatic heterocycles. The van der Waals surface area contributed by atoms with Crippen LogP contribution in [-0.4, -0.2) is 29.7 Å². The second kappa shape index (κ2) is 10.9. The summed E-state index contributed by atoms with van der Waals surface area (Å²) in [5.74, 6) is 9.36. The van der Waals surface area contributed by atoms with Gasteiger partial charge in [0.2, 0.25) is 0 Å². The van der Waals surface area contributed by atoms with Gasteiger partial charge in [0.25, 0.3) is 0 Å². The first-order chi connectivity index (χ1) is 14.2. The zero-order valence-electron chi connectivity index (χ0n) is 18.9. The molecule has 4 fully saturated rings. The topological polar surface area (TPSA) is 67.3 Å². The number of hydrogen-bond donors (Lipinski definition) is 3. The van der Waals surface area contributed by atoms with Gasteiger partial charge in [-0.05, 0) is 75.0 Å². The molecule has 0 bridgehead atoms. The molecule has 168 valence electrons. The zero-order chi connectivity index (χ0) is 20.1.